The summed E-state index contributed by atoms with van der Waals surface area (Å²) in [6.45, 7) is 1.98. The highest BCUT2D eigenvalue weighted by atomic mass is 32.1. The number of nitrogens with zero attached hydrogens (tertiary/aromatic N) is 2. The second-order valence-corrected chi connectivity index (χ2v) is 6.97. The normalized spacial score (nSPS) is 11.6. The van der Waals surface area contributed by atoms with E-state index in [0.29, 0.717) is 10.7 Å². The maximum atomic E-state index is 12.5. The Labute approximate surface area is 161 Å². The van der Waals surface area contributed by atoms with Crippen LogP contribution in [0.5, 0.6) is 0 Å². The third-order valence-corrected chi connectivity index (χ3v) is 4.93. The van der Waals surface area contributed by atoms with Crippen molar-refractivity contribution in [1.29, 1.82) is 0 Å². The zero-order chi connectivity index (χ0) is 19.1. The summed E-state index contributed by atoms with van der Waals surface area (Å²) in [4.78, 5) is 25.0. The smallest absolute Gasteiger partial charge is 0.251 e. The molecule has 1 heterocycles. The largest absolute Gasteiger partial charge is 0.345 e. The molecule has 0 aliphatic rings. The van der Waals surface area contributed by atoms with Crippen LogP contribution in [0.15, 0.2) is 60.7 Å². The summed E-state index contributed by atoms with van der Waals surface area (Å²) in [5.41, 5.74) is 1.42. The van der Waals surface area contributed by atoms with Crippen LogP contribution in [0, 0.1) is 0 Å². The van der Waals surface area contributed by atoms with Gasteiger partial charge in [-0.25, -0.2) is 0 Å². The molecule has 0 saturated heterocycles. The number of nitrogens with one attached hydrogen (secondary N) is 2. The van der Waals surface area contributed by atoms with Crippen LogP contribution in [0.2, 0.25) is 0 Å². The fourth-order valence-corrected chi connectivity index (χ4v) is 3.27. The summed E-state index contributed by atoms with van der Waals surface area (Å²) in [6.07, 6.45) is 0.872. The number of anilines is 1. The number of benzene rings is 2. The number of aromatic nitrogens is 2. The highest BCUT2D eigenvalue weighted by Crippen LogP contribution is 2.20. The minimum atomic E-state index is -0.447. The Balaban J connectivity index is 1.72. The highest BCUT2D eigenvalue weighted by molar-refractivity contribution is 7.15. The molecule has 2 aromatic carbocycles. The van der Waals surface area contributed by atoms with Gasteiger partial charge in [-0.05, 0) is 24.1 Å². The van der Waals surface area contributed by atoms with Gasteiger partial charge < -0.3 is 10.6 Å². The van der Waals surface area contributed by atoms with Crippen molar-refractivity contribution in [2.24, 2.45) is 0 Å². The van der Waals surface area contributed by atoms with Crippen LogP contribution in [0.25, 0.3) is 0 Å². The minimum Gasteiger partial charge on any atom is -0.345 e. The Kier molecular flexibility index (Phi) is 6.27. The van der Waals surface area contributed by atoms with Crippen molar-refractivity contribution in [3.8, 4) is 0 Å². The summed E-state index contributed by atoms with van der Waals surface area (Å²) in [5, 5.41) is 15.0. The average molecular weight is 380 g/mol. The summed E-state index contributed by atoms with van der Waals surface area (Å²) in [5.74, 6) is -0.447. The fraction of sp³-hybridized carbons (Fsp3) is 0.200. The molecule has 0 spiro atoms. The van der Waals surface area contributed by atoms with Crippen LogP contribution in [0.3, 0.4) is 0 Å². The van der Waals surface area contributed by atoms with E-state index in [1.54, 1.807) is 24.3 Å². The minimum absolute atomic E-state index is 0.101. The standard InChI is InChI=1S/C20H20N4O2S/c1-2-18-23-24-20(27-18)22-17(25)13-16(14-9-5-3-6-10-14)21-19(26)15-11-7-4-8-12-15/h3-12,16H,2,13H2,1H3,(H,21,26)(H,22,24,25). The molecule has 1 unspecified atom stereocenters. The molecule has 0 aliphatic heterocycles. The first-order chi connectivity index (χ1) is 13.2. The van der Waals surface area contributed by atoms with E-state index < -0.39 is 6.04 Å². The van der Waals surface area contributed by atoms with Crippen LogP contribution >= 0.6 is 11.3 Å². The Hall–Kier alpha value is -3.06. The van der Waals surface area contributed by atoms with Crippen LogP contribution < -0.4 is 10.6 Å². The lowest BCUT2D eigenvalue weighted by Crippen LogP contribution is -2.31. The predicted molar refractivity (Wildman–Crippen MR) is 106 cm³/mol. The summed E-state index contributed by atoms with van der Waals surface area (Å²) in [6, 6.07) is 17.9. The number of carbonyl (C=O) groups excluding carboxylic acids is 2. The topological polar surface area (TPSA) is 84.0 Å². The van der Waals surface area contributed by atoms with Crippen LogP contribution in [0.1, 0.15) is 40.3 Å². The van der Waals surface area contributed by atoms with Crippen molar-refractivity contribution in [3.63, 3.8) is 0 Å². The van der Waals surface area contributed by atoms with E-state index >= 15 is 0 Å². The lowest BCUT2D eigenvalue weighted by atomic mass is 10.0. The van der Waals surface area contributed by atoms with E-state index in [-0.39, 0.29) is 18.2 Å². The molecule has 0 bridgehead atoms. The lowest BCUT2D eigenvalue weighted by Gasteiger charge is -2.18. The molecular formula is C20H20N4O2S. The molecule has 1 atom stereocenters. The fourth-order valence-electron chi connectivity index (χ4n) is 2.57. The quantitative estimate of drug-likeness (QED) is 0.656. The van der Waals surface area contributed by atoms with Gasteiger partial charge in [0.25, 0.3) is 5.91 Å². The SMILES string of the molecule is CCc1nnc(NC(=O)CC(NC(=O)c2ccccc2)c2ccccc2)s1. The summed E-state index contributed by atoms with van der Waals surface area (Å²) < 4.78 is 0. The van der Waals surface area contributed by atoms with Gasteiger partial charge in [-0.15, -0.1) is 10.2 Å². The number of amides is 2. The molecule has 0 saturated carbocycles. The average Bonchev–Trinajstić information content (AvgIpc) is 3.16. The van der Waals surface area contributed by atoms with E-state index in [2.05, 4.69) is 20.8 Å². The van der Waals surface area contributed by atoms with Gasteiger partial charge in [-0.2, -0.15) is 0 Å². The van der Waals surface area contributed by atoms with E-state index in [9.17, 15) is 9.59 Å². The first kappa shape index (κ1) is 18.7. The molecule has 0 aliphatic carbocycles. The zero-order valence-corrected chi connectivity index (χ0v) is 15.7. The number of hydrogen-bond acceptors (Lipinski definition) is 5. The monoisotopic (exact) mass is 380 g/mol. The van der Waals surface area contributed by atoms with Crippen LogP contribution in [-0.2, 0) is 11.2 Å². The Morgan fingerprint density at radius 3 is 2.30 bits per heavy atom. The van der Waals surface area contributed by atoms with Gasteiger partial charge in [-0.3, -0.25) is 9.59 Å². The summed E-state index contributed by atoms with van der Waals surface area (Å²) in [7, 11) is 0. The van der Waals surface area contributed by atoms with Crippen molar-refractivity contribution in [2.45, 2.75) is 25.8 Å². The van der Waals surface area contributed by atoms with Crippen molar-refractivity contribution < 1.29 is 9.59 Å². The molecule has 3 aromatic rings. The first-order valence-corrected chi connectivity index (χ1v) is 9.50. The lowest BCUT2D eigenvalue weighted by molar-refractivity contribution is -0.116. The molecular weight excluding hydrogens is 360 g/mol. The van der Waals surface area contributed by atoms with Gasteiger partial charge in [0.2, 0.25) is 11.0 Å². The number of carbonyl (C=O) groups is 2. The van der Waals surface area contributed by atoms with Gasteiger partial charge in [-0.1, -0.05) is 66.8 Å². The second kappa shape index (κ2) is 9.05. The molecule has 2 N–H and O–H groups in total. The Morgan fingerprint density at radius 2 is 1.67 bits per heavy atom. The van der Waals surface area contributed by atoms with Gasteiger partial charge in [0, 0.05) is 5.56 Å². The van der Waals surface area contributed by atoms with Crippen molar-refractivity contribution in [2.75, 3.05) is 5.32 Å². The van der Waals surface area contributed by atoms with Crippen LogP contribution in [-0.4, -0.2) is 22.0 Å². The van der Waals surface area contributed by atoms with Gasteiger partial charge >= 0.3 is 0 Å². The van der Waals surface area contributed by atoms with E-state index in [1.807, 2.05) is 43.3 Å². The highest BCUT2D eigenvalue weighted by Gasteiger charge is 2.20. The van der Waals surface area contributed by atoms with Crippen molar-refractivity contribution >= 4 is 28.3 Å². The molecule has 27 heavy (non-hydrogen) atoms. The predicted octanol–water partition coefficient (Wildman–Crippen LogP) is 3.60. The zero-order valence-electron chi connectivity index (χ0n) is 14.9. The molecule has 3 rings (SSSR count). The van der Waals surface area contributed by atoms with E-state index in [4.69, 9.17) is 0 Å². The first-order valence-electron chi connectivity index (χ1n) is 8.68. The third kappa shape index (κ3) is 5.21. The van der Waals surface area contributed by atoms with Gasteiger partial charge in [0.1, 0.15) is 5.01 Å². The number of aryl methyl sites for hydroxylation is 1. The molecule has 7 heteroatoms. The Bertz CT molecular complexity index is 897. The number of hydrogen-bond donors (Lipinski definition) is 2. The molecule has 6 nitrogen and oxygen atoms in total. The third-order valence-electron chi connectivity index (χ3n) is 3.95. The van der Waals surface area contributed by atoms with Crippen molar-refractivity contribution in [1.82, 2.24) is 15.5 Å². The molecule has 0 fully saturated rings. The summed E-state index contributed by atoms with van der Waals surface area (Å²) >= 11 is 1.35. The van der Waals surface area contributed by atoms with Crippen molar-refractivity contribution in [3.05, 3.63) is 76.8 Å². The number of rotatable bonds is 7. The van der Waals surface area contributed by atoms with E-state index in [1.165, 1.54) is 11.3 Å². The maximum absolute atomic E-state index is 12.5. The van der Waals surface area contributed by atoms with Gasteiger partial charge in [0.05, 0.1) is 12.5 Å². The van der Waals surface area contributed by atoms with Crippen LogP contribution in [0.4, 0.5) is 5.13 Å². The van der Waals surface area contributed by atoms with Gasteiger partial charge in [0.15, 0.2) is 0 Å². The molecule has 2 amide bonds. The second-order valence-electron chi connectivity index (χ2n) is 5.91. The maximum Gasteiger partial charge on any atom is 0.251 e. The molecule has 138 valence electrons. The Morgan fingerprint density at radius 1 is 1.00 bits per heavy atom. The molecule has 1 aromatic heterocycles. The molecule has 0 radical (unpaired) electrons. The van der Waals surface area contributed by atoms with E-state index in [0.717, 1.165) is 17.0 Å².